The van der Waals surface area contributed by atoms with E-state index in [4.69, 9.17) is 4.74 Å². The quantitative estimate of drug-likeness (QED) is 0.412. The van der Waals surface area contributed by atoms with Gasteiger partial charge in [0.25, 0.3) is 11.8 Å². The van der Waals surface area contributed by atoms with Gasteiger partial charge in [0.05, 0.1) is 5.57 Å². The highest BCUT2D eigenvalue weighted by atomic mass is 16.5. The van der Waals surface area contributed by atoms with E-state index >= 15 is 0 Å². The predicted molar refractivity (Wildman–Crippen MR) is 142 cm³/mol. The largest absolute Gasteiger partial charge is 0.444 e. The zero-order valence-corrected chi connectivity index (χ0v) is 21.6. The maximum absolute atomic E-state index is 13.5. The highest BCUT2D eigenvalue weighted by Gasteiger charge is 2.42. The number of nitrogens with zero attached hydrogens (tertiary/aromatic N) is 2. The van der Waals surface area contributed by atoms with Crippen molar-refractivity contribution in [2.75, 3.05) is 26.1 Å². The molecule has 3 heterocycles. The molecule has 5 rings (SSSR count). The molecule has 8 heteroatoms. The van der Waals surface area contributed by atoms with Crippen LogP contribution in [0.5, 0.6) is 0 Å². The van der Waals surface area contributed by atoms with E-state index in [1.165, 1.54) is 6.92 Å². The van der Waals surface area contributed by atoms with Crippen LogP contribution in [-0.2, 0) is 32.1 Å². The summed E-state index contributed by atoms with van der Waals surface area (Å²) in [6.45, 7) is 5.71. The van der Waals surface area contributed by atoms with Gasteiger partial charge in [-0.25, -0.2) is 4.90 Å². The number of para-hydroxylation sites is 2. The van der Waals surface area contributed by atoms with E-state index in [0.717, 1.165) is 46.4 Å². The average Bonchev–Trinajstić information content (AvgIpc) is 3.53. The van der Waals surface area contributed by atoms with Gasteiger partial charge in [-0.3, -0.25) is 14.4 Å². The number of nitrogens with one attached hydrogen (secondary N) is 2. The summed E-state index contributed by atoms with van der Waals surface area (Å²) >= 11 is 0. The van der Waals surface area contributed by atoms with Gasteiger partial charge < -0.3 is 19.9 Å². The summed E-state index contributed by atoms with van der Waals surface area (Å²) in [5, 5.41) is 6.84. The molecule has 2 aliphatic rings. The van der Waals surface area contributed by atoms with Gasteiger partial charge >= 0.3 is 5.97 Å². The first-order valence-electron chi connectivity index (χ1n) is 12.2. The summed E-state index contributed by atoms with van der Waals surface area (Å²) < 4.78 is 7.22. The smallest absolute Gasteiger partial charge is 0.304 e. The molecule has 2 aliphatic heterocycles. The van der Waals surface area contributed by atoms with Crippen LogP contribution in [0.25, 0.3) is 16.5 Å². The number of fused-ring (bicyclic) bond motifs is 3. The first kappa shape index (κ1) is 26.7. The number of rotatable bonds is 5. The van der Waals surface area contributed by atoms with Crippen LogP contribution in [-0.4, -0.2) is 48.1 Å². The third-order valence-electron chi connectivity index (χ3n) is 5.73. The van der Waals surface area contributed by atoms with Crippen LogP contribution in [0.15, 0.2) is 60.3 Å². The molecule has 2 N–H and O–H groups in total. The van der Waals surface area contributed by atoms with Crippen LogP contribution in [0.4, 0.5) is 5.69 Å². The molecule has 0 aliphatic carbocycles. The van der Waals surface area contributed by atoms with E-state index in [1.54, 1.807) is 0 Å². The number of hydrogen-bond donors (Lipinski definition) is 2. The average molecular weight is 491 g/mol. The molecule has 0 unspecified atom stereocenters. The first-order chi connectivity index (χ1) is 17.5. The van der Waals surface area contributed by atoms with Gasteiger partial charge in [0, 0.05) is 41.3 Å². The van der Waals surface area contributed by atoms with Crippen molar-refractivity contribution in [1.82, 2.24) is 14.8 Å². The third-order valence-corrected chi connectivity index (χ3v) is 5.73. The number of aromatic nitrogens is 1. The highest BCUT2D eigenvalue weighted by Crippen LogP contribution is 2.40. The third kappa shape index (κ3) is 5.18. The van der Waals surface area contributed by atoms with Crippen molar-refractivity contribution in [2.45, 2.75) is 40.2 Å². The maximum Gasteiger partial charge on any atom is 0.304 e. The number of amides is 2. The Morgan fingerprint density at radius 3 is 2.28 bits per heavy atom. The van der Waals surface area contributed by atoms with Gasteiger partial charge in [0.2, 0.25) is 0 Å². The van der Waals surface area contributed by atoms with Crippen molar-refractivity contribution in [3.8, 4) is 0 Å². The fraction of sp³-hybridized carbons (Fsp3) is 0.321. The lowest BCUT2D eigenvalue weighted by atomic mass is 9.99. The Hall–Kier alpha value is -3.91. The second kappa shape index (κ2) is 12.2. The Balaban J connectivity index is 0.000000674. The van der Waals surface area contributed by atoms with Gasteiger partial charge in [-0.15, -0.1) is 0 Å². The van der Waals surface area contributed by atoms with Crippen molar-refractivity contribution in [3.05, 3.63) is 71.6 Å². The van der Waals surface area contributed by atoms with Gasteiger partial charge in [-0.2, -0.15) is 0 Å². The summed E-state index contributed by atoms with van der Waals surface area (Å²) in [4.78, 5) is 39.0. The Labute approximate surface area is 211 Å². The zero-order valence-electron chi connectivity index (χ0n) is 21.6. The maximum atomic E-state index is 13.5. The number of esters is 1. The number of carbonyl (C=O) groups excluding carboxylic acids is 3. The summed E-state index contributed by atoms with van der Waals surface area (Å²) in [6, 6.07) is 17.2. The molecule has 0 saturated carbocycles. The number of aryl methyl sites for hydroxylation is 1. The van der Waals surface area contributed by atoms with E-state index in [2.05, 4.69) is 15.2 Å². The second-order valence-corrected chi connectivity index (χ2v) is 8.14. The molecule has 2 aromatic carbocycles. The van der Waals surface area contributed by atoms with Gasteiger partial charge in [-0.05, 0) is 45.1 Å². The van der Waals surface area contributed by atoms with Crippen LogP contribution in [0.3, 0.4) is 0 Å². The van der Waals surface area contributed by atoms with Crippen LogP contribution >= 0.6 is 0 Å². The Morgan fingerprint density at radius 1 is 0.972 bits per heavy atom. The van der Waals surface area contributed by atoms with Gasteiger partial charge in [0.1, 0.15) is 5.70 Å². The highest BCUT2D eigenvalue weighted by molar-refractivity contribution is 6.38. The Kier molecular flexibility index (Phi) is 9.02. The van der Waals surface area contributed by atoms with Crippen LogP contribution in [0.1, 0.15) is 38.4 Å². The van der Waals surface area contributed by atoms with Crippen molar-refractivity contribution in [2.24, 2.45) is 0 Å². The van der Waals surface area contributed by atoms with E-state index in [0.29, 0.717) is 11.3 Å². The lowest BCUT2D eigenvalue weighted by Gasteiger charge is -2.14. The molecule has 0 fully saturated rings. The molecule has 0 radical (unpaired) electrons. The summed E-state index contributed by atoms with van der Waals surface area (Å²) in [5.74, 6) is -1.52. The predicted octanol–water partition coefficient (Wildman–Crippen LogP) is 4.16. The monoisotopic (exact) mass is 490 g/mol. The molecule has 0 saturated heterocycles. The normalized spacial score (nSPS) is 14.2. The molecule has 2 amide bonds. The molecular formula is C28H34N4O4. The summed E-state index contributed by atoms with van der Waals surface area (Å²) in [5.41, 5.74) is 4.12. The molecule has 0 bridgehead atoms. The first-order valence-corrected chi connectivity index (χ1v) is 12.2. The lowest BCUT2D eigenvalue weighted by Crippen LogP contribution is -2.35. The number of ether oxygens (including phenoxy) is 1. The lowest BCUT2D eigenvalue weighted by molar-refractivity contribution is -0.152. The number of carbonyl (C=O) groups is 3. The van der Waals surface area contributed by atoms with Gasteiger partial charge in [0.15, 0.2) is 6.73 Å². The van der Waals surface area contributed by atoms with E-state index in [1.807, 2.05) is 82.5 Å². The molecule has 36 heavy (non-hydrogen) atoms. The van der Waals surface area contributed by atoms with Crippen LogP contribution in [0.2, 0.25) is 0 Å². The fourth-order valence-corrected chi connectivity index (χ4v) is 4.42. The molecule has 0 spiro atoms. The van der Waals surface area contributed by atoms with Crippen LogP contribution < -0.4 is 10.6 Å². The summed E-state index contributed by atoms with van der Waals surface area (Å²) in [6.07, 6.45) is 1.82. The van der Waals surface area contributed by atoms with Gasteiger partial charge in [-0.1, -0.05) is 50.2 Å². The Morgan fingerprint density at radius 2 is 1.61 bits per heavy atom. The second-order valence-electron chi connectivity index (χ2n) is 8.14. The Bertz CT molecular complexity index is 1280. The van der Waals surface area contributed by atoms with Crippen LogP contribution in [0, 0.1) is 0 Å². The minimum atomic E-state index is -0.554. The van der Waals surface area contributed by atoms with Crippen molar-refractivity contribution in [1.29, 1.82) is 0 Å². The molecule has 0 atom stereocenters. The summed E-state index contributed by atoms with van der Waals surface area (Å²) in [7, 11) is 3.75. The minimum absolute atomic E-state index is 0.203. The molecular weight excluding hydrogens is 456 g/mol. The topological polar surface area (TPSA) is 92.7 Å². The zero-order chi connectivity index (χ0) is 26.2. The number of anilines is 1. The van der Waals surface area contributed by atoms with E-state index in [9.17, 15) is 14.4 Å². The molecule has 3 aromatic rings. The van der Waals surface area contributed by atoms with Crippen molar-refractivity contribution < 1.29 is 19.1 Å². The van der Waals surface area contributed by atoms with E-state index in [-0.39, 0.29) is 5.70 Å². The molecule has 1 aromatic heterocycles. The standard InChI is InChI=1S/C24H21N3O4.C2H7N.C2H6/c1-15(28)31-14-27-23(29)21(22(24(27)30)25-16-8-3-2-4-9-16)20-17-10-5-6-11-18(17)26-13-7-12-19(20)26;1-3-2;1-2/h2-6,8-11,25H,7,12-14H2,1H3;3H,1-2H3;1-2H3. The number of imide groups is 1. The number of benzene rings is 2. The minimum Gasteiger partial charge on any atom is -0.444 e. The molecule has 8 nitrogen and oxygen atoms in total. The van der Waals surface area contributed by atoms with Crippen molar-refractivity contribution in [3.63, 3.8) is 0 Å². The fourth-order valence-electron chi connectivity index (χ4n) is 4.42. The van der Waals surface area contributed by atoms with Crippen molar-refractivity contribution >= 4 is 39.9 Å². The SMILES string of the molecule is CC.CC(=O)OCN1C(=O)C(Nc2ccccc2)=C(c2c3n(c4ccccc24)CCC3)C1=O.CNC. The molecule has 190 valence electrons. The van der Waals surface area contributed by atoms with E-state index < -0.39 is 24.5 Å². The number of hydrogen-bond acceptors (Lipinski definition) is 6.